The van der Waals surface area contributed by atoms with E-state index in [2.05, 4.69) is 20.7 Å². The number of imidazole rings is 1. The number of anilines is 2. The van der Waals surface area contributed by atoms with E-state index in [1.165, 1.54) is 6.20 Å². The summed E-state index contributed by atoms with van der Waals surface area (Å²) in [5, 5.41) is 8.48. The van der Waals surface area contributed by atoms with Crippen LogP contribution in [0.25, 0.3) is 5.65 Å². The Balaban J connectivity index is 2.03. The lowest BCUT2D eigenvalue weighted by Crippen LogP contribution is -2.29. The number of alkyl halides is 6. The fraction of sp³-hybridized carbons (Fsp3) is 0.455. The van der Waals surface area contributed by atoms with Crippen LogP contribution < -0.4 is 10.6 Å². The molecule has 1 aromatic carbocycles. The van der Waals surface area contributed by atoms with Gasteiger partial charge in [0.05, 0.1) is 16.8 Å². The van der Waals surface area contributed by atoms with Gasteiger partial charge in [0.1, 0.15) is 5.56 Å². The van der Waals surface area contributed by atoms with Crippen LogP contribution in [0, 0.1) is 0 Å². The van der Waals surface area contributed by atoms with E-state index in [4.69, 9.17) is 0 Å². The smallest absolute Gasteiger partial charge is 0.364 e. The maximum absolute atomic E-state index is 13.2. The number of carbonyl (C=O) groups excluding carboxylic acids is 1. The molecule has 2 aromatic heterocycles. The molecule has 0 saturated carbocycles. The van der Waals surface area contributed by atoms with Crippen LogP contribution in [-0.4, -0.2) is 26.0 Å². The Kier molecular flexibility index (Phi) is 5.95. The highest BCUT2D eigenvalue weighted by atomic mass is 19.4. The third-order valence-corrected chi connectivity index (χ3v) is 4.79. The lowest BCUT2D eigenvalue weighted by Gasteiger charge is -2.25. The van der Waals surface area contributed by atoms with Gasteiger partial charge in [-0.1, -0.05) is 20.8 Å². The number of hydrogen-bond donors (Lipinski definition) is 3. The summed E-state index contributed by atoms with van der Waals surface area (Å²) in [5.74, 6) is -0.213. The van der Waals surface area contributed by atoms with E-state index in [0.29, 0.717) is 17.6 Å². The molecule has 186 valence electrons. The lowest BCUT2D eigenvalue weighted by molar-refractivity contribution is -0.162. The van der Waals surface area contributed by atoms with E-state index in [1.807, 2.05) is 41.5 Å². The number of aromatic nitrogens is 3. The van der Waals surface area contributed by atoms with Gasteiger partial charge in [-0.2, -0.15) is 26.3 Å². The van der Waals surface area contributed by atoms with Crippen LogP contribution in [-0.2, 0) is 17.8 Å². The normalized spacial score (nSPS) is 13.4. The highest BCUT2D eigenvalue weighted by Gasteiger charge is 2.43. The Labute approximate surface area is 191 Å². The predicted octanol–water partition coefficient (Wildman–Crippen LogP) is 6.46. The molecule has 0 unspecified atom stereocenters. The monoisotopic (exact) mass is 489 g/mol. The number of fused-ring (bicyclic) bond motifs is 1. The van der Waals surface area contributed by atoms with Crippen molar-refractivity contribution in [3.63, 3.8) is 0 Å². The molecule has 0 atom stereocenters. The average Bonchev–Trinajstić information content (AvgIpc) is 3.19. The van der Waals surface area contributed by atoms with Crippen LogP contribution in [0.2, 0.25) is 0 Å². The van der Waals surface area contributed by atoms with Crippen LogP contribution in [0.3, 0.4) is 0 Å². The quantitative estimate of drug-likeness (QED) is 0.370. The van der Waals surface area contributed by atoms with Gasteiger partial charge in [0.25, 0.3) is 5.91 Å². The molecular weight excluding hydrogens is 464 g/mol. The molecule has 0 bridgehead atoms. The van der Waals surface area contributed by atoms with E-state index >= 15 is 0 Å². The molecule has 0 spiro atoms. The van der Waals surface area contributed by atoms with Crippen molar-refractivity contribution in [3.05, 3.63) is 46.8 Å². The molecule has 0 radical (unpaired) electrons. The summed E-state index contributed by atoms with van der Waals surface area (Å²) in [6.45, 7) is 11.6. The molecule has 3 rings (SSSR count). The zero-order valence-corrected chi connectivity index (χ0v) is 19.4. The topological polar surface area (TPSA) is 74.2 Å². The maximum atomic E-state index is 13.2. The second kappa shape index (κ2) is 7.95. The van der Waals surface area contributed by atoms with Gasteiger partial charge in [0.2, 0.25) is 0 Å². The Morgan fingerprint density at radius 2 is 1.53 bits per heavy atom. The van der Waals surface area contributed by atoms with Gasteiger partial charge in [-0.05, 0) is 39.0 Å². The number of benzene rings is 1. The van der Waals surface area contributed by atoms with E-state index in [0.717, 1.165) is 6.07 Å². The van der Waals surface area contributed by atoms with Gasteiger partial charge in [-0.15, -0.1) is 0 Å². The Morgan fingerprint density at radius 1 is 0.941 bits per heavy atom. The fourth-order valence-corrected chi connectivity index (χ4v) is 3.38. The predicted molar refractivity (Wildman–Crippen MR) is 116 cm³/mol. The van der Waals surface area contributed by atoms with Crippen molar-refractivity contribution in [1.82, 2.24) is 14.6 Å². The molecule has 3 aromatic rings. The molecule has 2 heterocycles. The van der Waals surface area contributed by atoms with E-state index < -0.39 is 40.5 Å². The molecule has 0 aliphatic carbocycles. The Hall–Kier alpha value is -3.18. The van der Waals surface area contributed by atoms with Gasteiger partial charge in [0.15, 0.2) is 11.5 Å². The van der Waals surface area contributed by atoms with Crippen molar-refractivity contribution < 1.29 is 31.1 Å². The van der Waals surface area contributed by atoms with Crippen molar-refractivity contribution in [3.8, 4) is 0 Å². The molecule has 12 heteroatoms. The first-order chi connectivity index (χ1) is 15.3. The van der Waals surface area contributed by atoms with Crippen LogP contribution >= 0.6 is 0 Å². The Morgan fingerprint density at radius 3 is 2.03 bits per heavy atom. The van der Waals surface area contributed by atoms with Crippen molar-refractivity contribution in [2.24, 2.45) is 0 Å². The number of aromatic amines is 1. The summed E-state index contributed by atoms with van der Waals surface area (Å²) < 4.78 is 80.3. The number of hydrogen-bond acceptors (Lipinski definition) is 3. The summed E-state index contributed by atoms with van der Waals surface area (Å²) >= 11 is 0. The zero-order valence-electron chi connectivity index (χ0n) is 19.4. The lowest BCUT2D eigenvalue weighted by atomic mass is 9.91. The third-order valence-electron chi connectivity index (χ3n) is 4.79. The maximum Gasteiger partial charge on any atom is 0.417 e. The number of halogens is 6. The first-order valence-corrected chi connectivity index (χ1v) is 10.3. The largest absolute Gasteiger partial charge is 0.417 e. The van der Waals surface area contributed by atoms with Crippen molar-refractivity contribution in [2.45, 2.75) is 64.8 Å². The minimum absolute atomic E-state index is 0.0147. The van der Waals surface area contributed by atoms with Crippen LogP contribution in [0.5, 0.6) is 0 Å². The van der Waals surface area contributed by atoms with E-state index in [1.54, 1.807) is 4.52 Å². The third kappa shape index (κ3) is 5.15. The standard InChI is InChI=1S/C22H25F6N5O/c1-19(2,3)15-17(32-20(4,5)6)33-16(31-15)12(10-29-33)18(34)30-11-7-8-13(21(23,24)25)14(9-11)22(26,27)28/h7-10,29,32H,1-6H3,(H,30,34). The number of nitrogens with zero attached hydrogens (tertiary/aromatic N) is 2. The molecule has 0 saturated heterocycles. The summed E-state index contributed by atoms with van der Waals surface area (Å²) in [6.07, 6.45) is -9.13. The van der Waals surface area contributed by atoms with Crippen molar-refractivity contribution in [1.29, 1.82) is 0 Å². The van der Waals surface area contributed by atoms with Gasteiger partial charge < -0.3 is 10.6 Å². The SMILES string of the molecule is CC(C)(C)Nc1c(C(C)(C)C)nc2c(C(=O)Nc3ccc(C(F)(F)F)c(C(F)(F)F)c3)c[nH]n12. The minimum atomic E-state index is -5.26. The molecular formula is C22H25F6N5O. The summed E-state index contributed by atoms with van der Waals surface area (Å²) in [6, 6.07) is 1.34. The van der Waals surface area contributed by atoms with Gasteiger partial charge >= 0.3 is 12.4 Å². The summed E-state index contributed by atoms with van der Waals surface area (Å²) in [4.78, 5) is 17.5. The number of nitrogens with one attached hydrogen (secondary N) is 3. The highest BCUT2D eigenvalue weighted by molar-refractivity contribution is 6.08. The highest BCUT2D eigenvalue weighted by Crippen LogP contribution is 2.41. The Bertz CT molecular complexity index is 1220. The van der Waals surface area contributed by atoms with Crippen LogP contribution in [0.1, 0.15) is 68.7 Å². The van der Waals surface area contributed by atoms with Crippen molar-refractivity contribution in [2.75, 3.05) is 10.6 Å². The van der Waals surface area contributed by atoms with Crippen molar-refractivity contribution >= 4 is 23.1 Å². The van der Waals surface area contributed by atoms with E-state index in [9.17, 15) is 31.1 Å². The average molecular weight is 489 g/mol. The van der Waals surface area contributed by atoms with Crippen LogP contribution in [0.15, 0.2) is 24.4 Å². The first-order valence-electron chi connectivity index (χ1n) is 10.3. The summed E-state index contributed by atoms with van der Waals surface area (Å²) in [5.41, 5.74) is -4.02. The van der Waals surface area contributed by atoms with Gasteiger partial charge in [-0.25, -0.2) is 9.50 Å². The number of carbonyl (C=O) groups is 1. The van der Waals surface area contributed by atoms with Gasteiger partial charge in [-0.3, -0.25) is 9.89 Å². The number of rotatable bonds is 3. The first kappa shape index (κ1) is 25.4. The van der Waals surface area contributed by atoms with Gasteiger partial charge in [0, 0.05) is 22.8 Å². The molecule has 3 N–H and O–H groups in total. The molecule has 1 amide bonds. The van der Waals surface area contributed by atoms with Crippen LogP contribution in [0.4, 0.5) is 37.8 Å². The second-order valence-corrected chi connectivity index (χ2v) is 9.99. The van der Waals surface area contributed by atoms with E-state index in [-0.39, 0.29) is 22.8 Å². The molecule has 6 nitrogen and oxygen atoms in total. The second-order valence-electron chi connectivity index (χ2n) is 9.99. The number of H-pyrrole nitrogens is 1. The molecule has 0 aliphatic heterocycles. The molecule has 34 heavy (non-hydrogen) atoms. The molecule has 0 aliphatic rings. The molecule has 0 fully saturated rings. The number of amides is 1. The summed E-state index contributed by atoms with van der Waals surface area (Å²) in [7, 11) is 0. The zero-order chi connectivity index (χ0) is 25.9. The fourth-order valence-electron chi connectivity index (χ4n) is 3.38. The minimum Gasteiger partial charge on any atom is -0.364 e.